The average molecular weight is 299 g/mol. The predicted octanol–water partition coefficient (Wildman–Crippen LogP) is 3.89. The summed E-state index contributed by atoms with van der Waals surface area (Å²) in [5, 5.41) is 8.91. The van der Waals surface area contributed by atoms with Gasteiger partial charge in [-0.3, -0.25) is 0 Å². The molecule has 0 aromatic carbocycles. The number of carboxylic acid groups (broad SMARTS) is 1. The maximum absolute atomic E-state index is 12.6. The molecule has 18 heavy (non-hydrogen) atoms. The molecule has 1 aromatic heterocycles. The summed E-state index contributed by atoms with van der Waals surface area (Å²) < 4.78 is 37.6. The summed E-state index contributed by atoms with van der Waals surface area (Å²) in [7, 11) is 0. The molecule has 1 N–H and O–H groups in total. The first-order valence-corrected chi connectivity index (χ1v) is 6.75. The summed E-state index contributed by atoms with van der Waals surface area (Å²) in [6.45, 7) is 5.77. The van der Waals surface area contributed by atoms with Crippen LogP contribution in [-0.2, 0) is 11.9 Å². The summed E-state index contributed by atoms with van der Waals surface area (Å²) in [5.74, 6) is -1.32. The van der Waals surface area contributed by atoms with Crippen LogP contribution in [-0.4, -0.2) is 20.8 Å². The zero-order valence-electron chi connectivity index (χ0n) is 9.96. The number of carboxylic acids is 1. The smallest absolute Gasteiger partial charge is 0.435 e. The molecule has 0 aliphatic heterocycles. The monoisotopic (exact) mass is 299 g/mol. The molecule has 0 atom stereocenters. The van der Waals surface area contributed by atoms with E-state index in [1.807, 2.05) is 20.8 Å². The molecule has 1 aromatic rings. The first-order valence-electron chi connectivity index (χ1n) is 4.95. The Kier molecular flexibility index (Phi) is 4.32. The first kappa shape index (κ1) is 15.3. The van der Waals surface area contributed by atoms with Crippen molar-refractivity contribution in [2.24, 2.45) is 0 Å². The van der Waals surface area contributed by atoms with Crippen molar-refractivity contribution in [3.63, 3.8) is 0 Å². The van der Waals surface area contributed by atoms with E-state index in [-0.39, 0.29) is 15.5 Å². The van der Waals surface area contributed by atoms with Crippen molar-refractivity contribution in [3.05, 3.63) is 15.6 Å². The van der Waals surface area contributed by atoms with E-state index in [1.54, 1.807) is 0 Å². The Hall–Kier alpha value is -0.760. The van der Waals surface area contributed by atoms with Gasteiger partial charge in [0.05, 0.1) is 0 Å². The number of nitrogens with zero attached hydrogens (tertiary/aromatic N) is 1. The molecule has 8 heteroatoms. The van der Waals surface area contributed by atoms with Crippen LogP contribution in [0.15, 0.2) is 0 Å². The highest BCUT2D eigenvalue weighted by molar-refractivity contribution is 7.99. The molecule has 0 bridgehead atoms. The van der Waals surface area contributed by atoms with Crippen LogP contribution in [0.25, 0.3) is 0 Å². The Balaban J connectivity index is 3.00. The molecular weight excluding hydrogens is 287 g/mol. The van der Waals surface area contributed by atoms with Crippen LogP contribution in [0, 0.1) is 0 Å². The molecule has 3 nitrogen and oxygen atoms in total. The molecule has 0 aliphatic rings. The summed E-state index contributed by atoms with van der Waals surface area (Å²) >= 11 is 2.00. The van der Waals surface area contributed by atoms with Gasteiger partial charge in [-0.1, -0.05) is 20.8 Å². The van der Waals surface area contributed by atoms with Gasteiger partial charge in [-0.2, -0.15) is 13.2 Å². The molecule has 0 unspecified atom stereocenters. The predicted molar refractivity (Wildman–Crippen MR) is 65.1 cm³/mol. The summed E-state index contributed by atoms with van der Waals surface area (Å²) in [5.41, 5.74) is -1.30. The Labute approximate surface area is 110 Å². The summed E-state index contributed by atoms with van der Waals surface area (Å²) in [6, 6.07) is 0. The number of carbonyl (C=O) groups is 1. The van der Waals surface area contributed by atoms with E-state index in [0.29, 0.717) is 11.3 Å². The minimum Gasteiger partial charge on any atom is -0.477 e. The molecule has 1 rings (SSSR count). The lowest BCUT2D eigenvalue weighted by atomic mass is 10.3. The van der Waals surface area contributed by atoms with Crippen molar-refractivity contribution in [3.8, 4) is 0 Å². The first-order chi connectivity index (χ1) is 8.00. The van der Waals surface area contributed by atoms with Gasteiger partial charge in [-0.05, 0) is 0 Å². The van der Waals surface area contributed by atoms with Crippen molar-refractivity contribution in [1.82, 2.24) is 4.98 Å². The highest BCUT2D eigenvalue weighted by Crippen LogP contribution is 2.36. The lowest BCUT2D eigenvalue weighted by Crippen LogP contribution is -2.11. The van der Waals surface area contributed by atoms with Crippen molar-refractivity contribution in [2.45, 2.75) is 37.4 Å². The lowest BCUT2D eigenvalue weighted by Gasteiger charge is -2.16. The number of alkyl halides is 3. The van der Waals surface area contributed by atoms with Crippen LogP contribution in [0.4, 0.5) is 13.2 Å². The van der Waals surface area contributed by atoms with Crippen molar-refractivity contribution < 1.29 is 23.1 Å². The fourth-order valence-electron chi connectivity index (χ4n) is 1.04. The van der Waals surface area contributed by atoms with Gasteiger partial charge < -0.3 is 5.11 Å². The average Bonchev–Trinajstić information content (AvgIpc) is 2.56. The third-order valence-corrected chi connectivity index (χ3v) is 4.27. The van der Waals surface area contributed by atoms with E-state index in [9.17, 15) is 18.0 Å². The second-order valence-electron chi connectivity index (χ2n) is 4.49. The van der Waals surface area contributed by atoms with Crippen LogP contribution in [0.2, 0.25) is 0 Å². The van der Waals surface area contributed by atoms with Crippen molar-refractivity contribution in [1.29, 1.82) is 0 Å². The number of aromatic nitrogens is 1. The molecule has 1 heterocycles. The van der Waals surface area contributed by atoms with Gasteiger partial charge in [0.25, 0.3) is 0 Å². The third kappa shape index (κ3) is 4.16. The number of aromatic carboxylic acids is 1. The lowest BCUT2D eigenvalue weighted by molar-refractivity contribution is -0.141. The quantitative estimate of drug-likeness (QED) is 0.920. The third-order valence-electron chi connectivity index (χ3n) is 1.76. The molecule has 0 saturated heterocycles. The van der Waals surface area contributed by atoms with Crippen LogP contribution < -0.4 is 0 Å². The van der Waals surface area contributed by atoms with Gasteiger partial charge in [-0.15, -0.1) is 23.1 Å². The molecule has 0 fully saturated rings. The molecular formula is C10H12F3NO2S2. The van der Waals surface area contributed by atoms with Gasteiger partial charge in [0.1, 0.15) is 9.88 Å². The fourth-order valence-corrected chi connectivity index (χ4v) is 2.79. The topological polar surface area (TPSA) is 50.2 Å². The minimum atomic E-state index is -4.73. The standard InChI is InChI=1S/C10H12F3NO2S2/c1-9(2,3)17-4-5-14-7(10(11,12)13)6(18-5)8(15)16/h4H2,1-3H3,(H,15,16). The maximum atomic E-state index is 12.6. The number of hydrogen-bond donors (Lipinski definition) is 1. The van der Waals surface area contributed by atoms with E-state index < -0.39 is 22.7 Å². The Morgan fingerprint density at radius 1 is 1.39 bits per heavy atom. The number of rotatable bonds is 3. The van der Waals surface area contributed by atoms with Crippen LogP contribution >= 0.6 is 23.1 Å². The van der Waals surface area contributed by atoms with Gasteiger partial charge in [0, 0.05) is 10.5 Å². The van der Waals surface area contributed by atoms with Gasteiger partial charge in [-0.25, -0.2) is 9.78 Å². The Morgan fingerprint density at radius 3 is 2.28 bits per heavy atom. The van der Waals surface area contributed by atoms with Crippen LogP contribution in [0.5, 0.6) is 0 Å². The summed E-state index contributed by atoms with van der Waals surface area (Å²) in [6.07, 6.45) is -4.73. The highest BCUT2D eigenvalue weighted by atomic mass is 32.2. The van der Waals surface area contributed by atoms with Crippen molar-refractivity contribution >= 4 is 29.1 Å². The number of thioether (sulfide) groups is 1. The largest absolute Gasteiger partial charge is 0.477 e. The SMILES string of the molecule is CC(C)(C)SCc1nc(C(F)(F)F)c(C(=O)O)s1. The molecule has 0 saturated carbocycles. The number of halogens is 3. The molecule has 0 radical (unpaired) electrons. The molecule has 102 valence electrons. The minimum absolute atomic E-state index is 0.118. The van der Waals surface area contributed by atoms with E-state index in [2.05, 4.69) is 4.98 Å². The van der Waals surface area contributed by atoms with E-state index in [4.69, 9.17) is 5.11 Å². The second-order valence-corrected chi connectivity index (χ2v) is 7.38. The fraction of sp³-hybridized carbons (Fsp3) is 0.600. The Bertz CT molecular complexity index is 449. The van der Waals surface area contributed by atoms with E-state index in [0.717, 1.165) is 0 Å². The normalized spacial score (nSPS) is 12.8. The summed E-state index contributed by atoms with van der Waals surface area (Å²) in [4.78, 5) is 13.4. The molecule has 0 amide bonds. The zero-order chi connectivity index (χ0) is 14.1. The van der Waals surface area contributed by atoms with E-state index >= 15 is 0 Å². The van der Waals surface area contributed by atoms with Crippen LogP contribution in [0.1, 0.15) is 41.1 Å². The van der Waals surface area contributed by atoms with Crippen LogP contribution in [0.3, 0.4) is 0 Å². The molecule has 0 spiro atoms. The Morgan fingerprint density at radius 2 is 1.94 bits per heavy atom. The number of thiazole rings is 1. The highest BCUT2D eigenvalue weighted by Gasteiger charge is 2.39. The number of hydrogen-bond acceptors (Lipinski definition) is 4. The molecule has 0 aliphatic carbocycles. The maximum Gasteiger partial charge on any atom is 0.435 e. The van der Waals surface area contributed by atoms with E-state index in [1.165, 1.54) is 11.8 Å². The zero-order valence-corrected chi connectivity index (χ0v) is 11.6. The van der Waals surface area contributed by atoms with Gasteiger partial charge >= 0.3 is 12.1 Å². The van der Waals surface area contributed by atoms with Crippen molar-refractivity contribution in [2.75, 3.05) is 0 Å². The van der Waals surface area contributed by atoms with Gasteiger partial charge in [0.15, 0.2) is 5.69 Å². The van der Waals surface area contributed by atoms with Gasteiger partial charge in [0.2, 0.25) is 0 Å². The second kappa shape index (κ2) is 5.08.